The van der Waals surface area contributed by atoms with E-state index in [1.807, 2.05) is 0 Å². The smallest absolute Gasteiger partial charge is 0.405 e. The first-order chi connectivity index (χ1) is 12.8. The summed E-state index contributed by atoms with van der Waals surface area (Å²) < 4.78 is 25.0. The van der Waals surface area contributed by atoms with E-state index in [4.69, 9.17) is 0 Å². The zero-order chi connectivity index (χ0) is 19.2. The van der Waals surface area contributed by atoms with Crippen LogP contribution in [-0.4, -0.2) is 49.4 Å². The molecular formula is C20H28N2O4S. The van der Waals surface area contributed by atoms with Crippen molar-refractivity contribution in [3.05, 3.63) is 29.8 Å². The lowest BCUT2D eigenvalue weighted by Crippen LogP contribution is -2.62. The zero-order valence-electron chi connectivity index (χ0n) is 15.7. The molecule has 7 heteroatoms. The molecule has 2 aliphatic carbocycles. The van der Waals surface area contributed by atoms with Crippen LogP contribution in [0.2, 0.25) is 0 Å². The minimum absolute atomic E-state index is 0.219. The van der Waals surface area contributed by atoms with Crippen LogP contribution in [0, 0.1) is 11.8 Å². The number of carboxylic acid groups (broad SMARTS) is 1. The molecule has 2 heterocycles. The van der Waals surface area contributed by atoms with Crippen LogP contribution in [0.1, 0.15) is 50.1 Å². The van der Waals surface area contributed by atoms with Gasteiger partial charge in [0.1, 0.15) is 0 Å². The van der Waals surface area contributed by atoms with Crippen molar-refractivity contribution in [1.82, 2.24) is 10.2 Å². The number of rotatable bonds is 6. The molecule has 2 saturated carbocycles. The third-order valence-corrected chi connectivity index (χ3v) is 8.69. The molecule has 6 nitrogen and oxygen atoms in total. The van der Waals surface area contributed by atoms with E-state index >= 15 is 0 Å². The lowest BCUT2D eigenvalue weighted by molar-refractivity contribution is -0.0406. The van der Waals surface area contributed by atoms with Gasteiger partial charge >= 0.3 is 6.09 Å². The quantitative estimate of drug-likeness (QED) is 0.777. The number of hydrogen-bond donors (Lipinski definition) is 2. The average molecular weight is 393 g/mol. The molecule has 4 aliphatic rings. The molecule has 1 unspecified atom stereocenters. The standard InChI is InChI=1S/C20H28N2O4S/c1-22-12-14-8-10-20(22,11-9-14)18(21-19(23)24)16-4-6-17(7-5-16)27(25,26)13-15-2-3-15/h4-7,14-15,18,21H,2-3,8-13H2,1H3,(H,23,24). The average Bonchev–Trinajstić information content (AvgIpc) is 3.44. The summed E-state index contributed by atoms with van der Waals surface area (Å²) in [6, 6.07) is 6.53. The first kappa shape index (κ1) is 18.7. The molecular weight excluding hydrogens is 364 g/mol. The highest BCUT2D eigenvalue weighted by molar-refractivity contribution is 7.91. The second-order valence-corrected chi connectivity index (χ2v) is 10.6. The summed E-state index contributed by atoms with van der Waals surface area (Å²) in [6.45, 7) is 0.992. The van der Waals surface area contributed by atoms with Crippen LogP contribution in [0.15, 0.2) is 29.2 Å². The van der Waals surface area contributed by atoms with E-state index in [1.165, 1.54) is 0 Å². The van der Waals surface area contributed by atoms with Crippen molar-refractivity contribution in [2.45, 2.75) is 55.0 Å². The van der Waals surface area contributed by atoms with Gasteiger partial charge in [-0.3, -0.25) is 4.90 Å². The van der Waals surface area contributed by atoms with E-state index in [-0.39, 0.29) is 17.3 Å². The Bertz CT molecular complexity index is 809. The van der Waals surface area contributed by atoms with Crippen LogP contribution in [-0.2, 0) is 9.84 Å². The SMILES string of the molecule is CN1CC2CCC1(C(NC(=O)O)c1ccc(S(=O)(=O)CC3CC3)cc1)CC2. The molecule has 148 valence electrons. The summed E-state index contributed by atoms with van der Waals surface area (Å²) in [7, 11) is -1.18. The van der Waals surface area contributed by atoms with Gasteiger partial charge in [-0.1, -0.05) is 12.1 Å². The van der Waals surface area contributed by atoms with Gasteiger partial charge in [0.25, 0.3) is 0 Å². The van der Waals surface area contributed by atoms with Gasteiger partial charge in [0.15, 0.2) is 9.84 Å². The van der Waals surface area contributed by atoms with Crippen molar-refractivity contribution in [3.8, 4) is 0 Å². The van der Waals surface area contributed by atoms with Crippen molar-refractivity contribution in [2.75, 3.05) is 19.3 Å². The van der Waals surface area contributed by atoms with Gasteiger partial charge in [-0.15, -0.1) is 0 Å². The summed E-state index contributed by atoms with van der Waals surface area (Å²) in [4.78, 5) is 14.2. The highest BCUT2D eigenvalue weighted by Crippen LogP contribution is 2.49. The maximum Gasteiger partial charge on any atom is 0.405 e. The normalized spacial score (nSPS) is 29.4. The van der Waals surface area contributed by atoms with Crippen molar-refractivity contribution in [3.63, 3.8) is 0 Å². The highest BCUT2D eigenvalue weighted by Gasteiger charge is 2.50. The van der Waals surface area contributed by atoms with Gasteiger partial charge in [-0.25, -0.2) is 13.2 Å². The van der Waals surface area contributed by atoms with Crippen LogP contribution in [0.3, 0.4) is 0 Å². The summed E-state index contributed by atoms with van der Waals surface area (Å²) in [5.41, 5.74) is 0.608. The zero-order valence-corrected chi connectivity index (χ0v) is 16.5. The molecule has 1 aromatic rings. The molecule has 0 spiro atoms. The summed E-state index contributed by atoms with van der Waals surface area (Å²) >= 11 is 0. The fraction of sp³-hybridized carbons (Fsp3) is 0.650. The molecule has 5 rings (SSSR count). The maximum atomic E-state index is 12.5. The number of benzene rings is 1. The molecule has 0 aromatic heterocycles. The van der Waals surface area contributed by atoms with Crippen molar-refractivity contribution >= 4 is 15.9 Å². The van der Waals surface area contributed by atoms with Gasteiger partial charge in [-0.05, 0) is 75.1 Å². The largest absolute Gasteiger partial charge is 0.465 e. The molecule has 2 aliphatic heterocycles. The van der Waals surface area contributed by atoms with Crippen LogP contribution < -0.4 is 5.32 Å². The molecule has 0 radical (unpaired) electrons. The Morgan fingerprint density at radius 3 is 2.37 bits per heavy atom. The predicted molar refractivity (Wildman–Crippen MR) is 102 cm³/mol. The van der Waals surface area contributed by atoms with Crippen molar-refractivity contribution in [2.24, 2.45) is 11.8 Å². The fourth-order valence-electron chi connectivity index (χ4n) is 5.03. The first-order valence-electron chi connectivity index (χ1n) is 9.83. The Labute approximate surface area is 160 Å². The predicted octanol–water partition coefficient (Wildman–Crippen LogP) is 3.05. The molecule has 2 saturated heterocycles. The summed E-state index contributed by atoms with van der Waals surface area (Å²) in [6.07, 6.45) is 5.12. The topological polar surface area (TPSA) is 86.7 Å². The number of nitrogens with zero attached hydrogens (tertiary/aromatic N) is 1. The molecule has 1 atom stereocenters. The highest BCUT2D eigenvalue weighted by atomic mass is 32.2. The van der Waals surface area contributed by atoms with Gasteiger partial charge < -0.3 is 10.4 Å². The number of piperidine rings is 2. The van der Waals surface area contributed by atoms with E-state index < -0.39 is 15.9 Å². The van der Waals surface area contributed by atoms with Gasteiger partial charge in [0, 0.05) is 12.1 Å². The Balaban J connectivity index is 1.63. The van der Waals surface area contributed by atoms with E-state index in [0.717, 1.165) is 50.6 Å². The van der Waals surface area contributed by atoms with Crippen LogP contribution in [0.4, 0.5) is 4.79 Å². The Morgan fingerprint density at radius 1 is 1.22 bits per heavy atom. The van der Waals surface area contributed by atoms with E-state index in [9.17, 15) is 18.3 Å². The first-order valence-corrected chi connectivity index (χ1v) is 11.5. The second kappa shape index (κ2) is 6.78. The monoisotopic (exact) mass is 392 g/mol. The minimum atomic E-state index is -3.26. The molecule has 2 N–H and O–H groups in total. The third kappa shape index (κ3) is 3.59. The Kier molecular flexibility index (Phi) is 4.71. The van der Waals surface area contributed by atoms with Crippen LogP contribution >= 0.6 is 0 Å². The van der Waals surface area contributed by atoms with Gasteiger partial charge in [0.2, 0.25) is 0 Å². The number of likely N-dealkylation sites (N-methyl/N-ethyl adjacent to an activating group) is 1. The maximum absolute atomic E-state index is 12.5. The lowest BCUT2D eigenvalue weighted by Gasteiger charge is -2.56. The molecule has 4 fully saturated rings. The fourth-order valence-corrected chi connectivity index (χ4v) is 6.73. The van der Waals surface area contributed by atoms with Gasteiger partial charge in [0.05, 0.1) is 16.7 Å². The van der Waals surface area contributed by atoms with Crippen molar-refractivity contribution < 1.29 is 18.3 Å². The summed E-state index contributed by atoms with van der Waals surface area (Å²) in [5.74, 6) is 1.23. The number of hydrogen-bond acceptors (Lipinski definition) is 4. The number of fused-ring (bicyclic) bond motifs is 3. The third-order valence-electron chi connectivity index (χ3n) is 6.79. The lowest BCUT2D eigenvalue weighted by atomic mass is 9.66. The number of nitrogens with one attached hydrogen (secondary N) is 1. The van der Waals surface area contributed by atoms with E-state index in [2.05, 4.69) is 17.3 Å². The molecule has 1 aromatic carbocycles. The van der Waals surface area contributed by atoms with Crippen molar-refractivity contribution in [1.29, 1.82) is 0 Å². The summed E-state index contributed by atoms with van der Waals surface area (Å²) in [5, 5.41) is 12.2. The number of carbonyl (C=O) groups is 1. The van der Waals surface area contributed by atoms with Gasteiger partial charge in [-0.2, -0.15) is 0 Å². The van der Waals surface area contributed by atoms with Crippen LogP contribution in [0.5, 0.6) is 0 Å². The number of sulfone groups is 1. The molecule has 1 amide bonds. The van der Waals surface area contributed by atoms with Crippen LogP contribution in [0.25, 0.3) is 0 Å². The minimum Gasteiger partial charge on any atom is -0.465 e. The molecule has 2 bridgehead atoms. The van der Waals surface area contributed by atoms with E-state index in [1.54, 1.807) is 24.3 Å². The Hall–Kier alpha value is -1.60. The second-order valence-electron chi connectivity index (χ2n) is 8.60. The van der Waals surface area contributed by atoms with E-state index in [0.29, 0.717) is 16.7 Å². The number of amides is 1. The molecule has 27 heavy (non-hydrogen) atoms. The Morgan fingerprint density at radius 2 is 1.85 bits per heavy atom.